The lowest BCUT2D eigenvalue weighted by Crippen LogP contribution is -2.04. The quantitative estimate of drug-likeness (QED) is 0.293. The maximum atomic E-state index is 13.3. The number of aromatic nitrogens is 3. The number of para-hydroxylation sites is 1. The topological polar surface area (TPSA) is 51.8 Å². The predicted molar refractivity (Wildman–Crippen MR) is 111 cm³/mol. The molecule has 0 aliphatic rings. The van der Waals surface area contributed by atoms with Gasteiger partial charge >= 0.3 is 6.18 Å². The summed E-state index contributed by atoms with van der Waals surface area (Å²) in [6, 6.07) is 19.6. The van der Waals surface area contributed by atoms with Crippen molar-refractivity contribution in [1.82, 2.24) is 15.1 Å². The van der Waals surface area contributed by atoms with E-state index < -0.39 is 11.7 Å². The zero-order chi connectivity index (χ0) is 22.3. The van der Waals surface area contributed by atoms with Gasteiger partial charge < -0.3 is 4.52 Å². The van der Waals surface area contributed by atoms with Crippen LogP contribution in [0, 0.1) is 5.82 Å². The normalized spacial score (nSPS) is 11.8. The van der Waals surface area contributed by atoms with Gasteiger partial charge in [-0.05, 0) is 48.5 Å². The van der Waals surface area contributed by atoms with E-state index >= 15 is 0 Å². The first-order valence-electron chi connectivity index (χ1n) is 9.56. The van der Waals surface area contributed by atoms with Crippen LogP contribution in [-0.2, 0) is 6.18 Å². The van der Waals surface area contributed by atoms with Crippen molar-refractivity contribution in [3.63, 3.8) is 0 Å². The Kier molecular flexibility index (Phi) is 4.70. The highest BCUT2D eigenvalue weighted by atomic mass is 19.4. The van der Waals surface area contributed by atoms with Crippen LogP contribution in [0.5, 0.6) is 0 Å². The smallest absolute Gasteiger partial charge is 0.334 e. The summed E-state index contributed by atoms with van der Waals surface area (Å²) in [5, 5.41) is 4.70. The number of hydrogen-bond donors (Lipinski definition) is 0. The number of nitrogens with zero attached hydrogens (tertiary/aromatic N) is 3. The van der Waals surface area contributed by atoms with Crippen LogP contribution in [0.4, 0.5) is 17.6 Å². The van der Waals surface area contributed by atoms with Crippen molar-refractivity contribution in [3.05, 3.63) is 90.2 Å². The van der Waals surface area contributed by atoms with Crippen molar-refractivity contribution in [1.29, 1.82) is 0 Å². The van der Waals surface area contributed by atoms with Gasteiger partial charge in [0.2, 0.25) is 5.82 Å². The van der Waals surface area contributed by atoms with Crippen molar-refractivity contribution in [2.75, 3.05) is 0 Å². The summed E-state index contributed by atoms with van der Waals surface area (Å²) < 4.78 is 57.2. The standard InChI is InChI=1S/C24H13F4N3O/c25-17-11-7-14(8-12-17)21-13-19(18-3-1-2-4-20(18)29-21)23-30-22(31-32-23)15-5-9-16(10-6-15)24(26,27)28/h1-13H. The van der Waals surface area contributed by atoms with Crippen LogP contribution in [0.1, 0.15) is 5.56 Å². The van der Waals surface area contributed by atoms with Crippen LogP contribution in [0.25, 0.3) is 45.0 Å². The summed E-state index contributed by atoms with van der Waals surface area (Å²) in [4.78, 5) is 9.03. The first kappa shape index (κ1) is 19.9. The van der Waals surface area contributed by atoms with Gasteiger partial charge in [0.25, 0.3) is 5.89 Å². The number of rotatable bonds is 3. The molecule has 0 unspecified atom stereocenters. The number of fused-ring (bicyclic) bond motifs is 1. The van der Waals surface area contributed by atoms with Gasteiger partial charge in [-0.1, -0.05) is 35.5 Å². The molecule has 0 aliphatic heterocycles. The third-order valence-electron chi connectivity index (χ3n) is 4.98. The fourth-order valence-corrected chi connectivity index (χ4v) is 3.38. The van der Waals surface area contributed by atoms with Gasteiger partial charge in [0, 0.05) is 16.5 Å². The molecule has 2 heterocycles. The highest BCUT2D eigenvalue weighted by Crippen LogP contribution is 2.33. The van der Waals surface area contributed by atoms with Gasteiger partial charge in [0.15, 0.2) is 0 Å². The second-order valence-electron chi connectivity index (χ2n) is 7.08. The molecule has 0 aliphatic carbocycles. The summed E-state index contributed by atoms with van der Waals surface area (Å²) in [6.45, 7) is 0. The summed E-state index contributed by atoms with van der Waals surface area (Å²) in [7, 11) is 0. The first-order chi connectivity index (χ1) is 15.4. The number of hydrogen-bond acceptors (Lipinski definition) is 4. The molecule has 0 bridgehead atoms. The van der Waals surface area contributed by atoms with Gasteiger partial charge in [0.05, 0.1) is 22.3 Å². The molecule has 158 valence electrons. The van der Waals surface area contributed by atoms with E-state index in [1.807, 2.05) is 24.3 Å². The molecular formula is C24H13F4N3O. The Balaban J connectivity index is 1.59. The first-order valence-corrected chi connectivity index (χ1v) is 9.56. The van der Waals surface area contributed by atoms with E-state index in [2.05, 4.69) is 15.1 Å². The Bertz CT molecular complexity index is 1410. The van der Waals surface area contributed by atoms with Gasteiger partial charge in [0.1, 0.15) is 5.82 Å². The Labute approximate surface area is 179 Å². The van der Waals surface area contributed by atoms with Crippen LogP contribution in [-0.4, -0.2) is 15.1 Å². The summed E-state index contributed by atoms with van der Waals surface area (Å²) in [6.07, 6.45) is -4.42. The molecule has 0 spiro atoms. The lowest BCUT2D eigenvalue weighted by molar-refractivity contribution is -0.137. The Morgan fingerprint density at radius 3 is 2.16 bits per heavy atom. The van der Waals surface area contributed by atoms with E-state index in [1.54, 1.807) is 18.2 Å². The van der Waals surface area contributed by atoms with Gasteiger partial charge in [-0.2, -0.15) is 18.2 Å². The number of alkyl halides is 3. The maximum Gasteiger partial charge on any atom is 0.416 e. The van der Waals surface area contributed by atoms with Crippen molar-refractivity contribution in [2.45, 2.75) is 6.18 Å². The largest absolute Gasteiger partial charge is 0.416 e. The lowest BCUT2D eigenvalue weighted by Gasteiger charge is -2.07. The fourth-order valence-electron chi connectivity index (χ4n) is 3.38. The number of halogens is 4. The Morgan fingerprint density at radius 1 is 0.750 bits per heavy atom. The minimum atomic E-state index is -4.42. The monoisotopic (exact) mass is 435 g/mol. The number of benzene rings is 3. The summed E-state index contributed by atoms with van der Waals surface area (Å²) >= 11 is 0. The third-order valence-corrected chi connectivity index (χ3v) is 4.98. The van der Waals surface area contributed by atoms with Gasteiger partial charge in [-0.15, -0.1) is 0 Å². The summed E-state index contributed by atoms with van der Waals surface area (Å²) in [5.41, 5.74) is 2.23. The van der Waals surface area contributed by atoms with Crippen molar-refractivity contribution in [2.24, 2.45) is 0 Å². The van der Waals surface area contributed by atoms with Crippen LogP contribution in [0.2, 0.25) is 0 Å². The van der Waals surface area contributed by atoms with E-state index in [4.69, 9.17) is 4.52 Å². The van der Waals surface area contributed by atoms with Gasteiger partial charge in [-0.3, -0.25) is 0 Å². The zero-order valence-electron chi connectivity index (χ0n) is 16.3. The highest BCUT2D eigenvalue weighted by molar-refractivity contribution is 5.94. The SMILES string of the molecule is Fc1ccc(-c2cc(-c3nc(-c4ccc(C(F)(F)F)cc4)no3)c3ccccc3n2)cc1. The molecule has 0 radical (unpaired) electrons. The molecule has 0 N–H and O–H groups in total. The van der Waals surface area contributed by atoms with E-state index in [1.165, 1.54) is 24.3 Å². The molecular weight excluding hydrogens is 422 g/mol. The molecule has 0 fully saturated rings. The fraction of sp³-hybridized carbons (Fsp3) is 0.0417. The molecule has 4 nitrogen and oxygen atoms in total. The second kappa shape index (κ2) is 7.56. The van der Waals surface area contributed by atoms with Crippen LogP contribution in [0.3, 0.4) is 0 Å². The average molecular weight is 435 g/mol. The molecule has 0 saturated carbocycles. The van der Waals surface area contributed by atoms with Crippen LogP contribution >= 0.6 is 0 Å². The van der Waals surface area contributed by atoms with Gasteiger partial charge in [-0.25, -0.2) is 9.37 Å². The molecule has 3 aromatic carbocycles. The van der Waals surface area contributed by atoms with Crippen LogP contribution < -0.4 is 0 Å². The predicted octanol–water partition coefficient (Wildman–Crippen LogP) is 6.78. The molecule has 0 atom stereocenters. The maximum absolute atomic E-state index is 13.3. The Morgan fingerprint density at radius 2 is 1.44 bits per heavy atom. The van der Waals surface area contributed by atoms with Crippen LogP contribution in [0.15, 0.2) is 83.4 Å². The molecule has 2 aromatic heterocycles. The molecule has 5 rings (SSSR count). The zero-order valence-corrected chi connectivity index (χ0v) is 16.3. The van der Waals surface area contributed by atoms with Crippen molar-refractivity contribution in [3.8, 4) is 34.1 Å². The Hall–Kier alpha value is -4.07. The van der Waals surface area contributed by atoms with E-state index in [9.17, 15) is 17.6 Å². The minimum absolute atomic E-state index is 0.165. The molecule has 8 heteroatoms. The number of pyridine rings is 1. The second-order valence-corrected chi connectivity index (χ2v) is 7.08. The van der Waals surface area contributed by atoms with Crippen molar-refractivity contribution < 1.29 is 22.1 Å². The van der Waals surface area contributed by atoms with Crippen molar-refractivity contribution >= 4 is 10.9 Å². The molecule has 5 aromatic rings. The third kappa shape index (κ3) is 3.71. The highest BCUT2D eigenvalue weighted by Gasteiger charge is 2.30. The summed E-state index contributed by atoms with van der Waals surface area (Å²) in [5.74, 6) is 0.00709. The minimum Gasteiger partial charge on any atom is -0.334 e. The van der Waals surface area contributed by atoms with E-state index in [0.717, 1.165) is 17.5 Å². The lowest BCUT2D eigenvalue weighted by atomic mass is 10.0. The molecule has 0 saturated heterocycles. The average Bonchev–Trinajstić information content (AvgIpc) is 3.28. The molecule has 0 amide bonds. The van der Waals surface area contributed by atoms with E-state index in [0.29, 0.717) is 27.9 Å². The molecule has 32 heavy (non-hydrogen) atoms. The van der Waals surface area contributed by atoms with E-state index in [-0.39, 0.29) is 17.5 Å².